The highest BCUT2D eigenvalue weighted by Gasteiger charge is 2.07. The molecule has 0 fully saturated rings. The standard InChI is InChI=1S/C17H19N3/c1-4-17-19-15-11-13(7-10-16(15)20(17)3)12-5-8-14(18-2)9-6-12/h5-11,18H,4H2,1-3H3. The topological polar surface area (TPSA) is 29.9 Å². The fraction of sp³-hybridized carbons (Fsp3) is 0.235. The summed E-state index contributed by atoms with van der Waals surface area (Å²) in [4.78, 5) is 4.70. The molecular formula is C17H19N3. The third-order valence-electron chi connectivity index (χ3n) is 3.80. The van der Waals surface area contributed by atoms with Crippen molar-refractivity contribution in [2.45, 2.75) is 13.3 Å². The molecule has 2 aromatic carbocycles. The van der Waals surface area contributed by atoms with E-state index < -0.39 is 0 Å². The second kappa shape index (κ2) is 5.00. The normalized spacial score (nSPS) is 10.9. The van der Waals surface area contributed by atoms with Gasteiger partial charge in [0.05, 0.1) is 11.0 Å². The predicted octanol–water partition coefficient (Wildman–Crippen LogP) is 3.84. The fourth-order valence-electron chi connectivity index (χ4n) is 2.57. The fourth-order valence-corrected chi connectivity index (χ4v) is 2.57. The molecule has 0 spiro atoms. The minimum Gasteiger partial charge on any atom is -0.388 e. The van der Waals surface area contributed by atoms with Gasteiger partial charge in [-0.3, -0.25) is 0 Å². The van der Waals surface area contributed by atoms with Gasteiger partial charge in [0, 0.05) is 26.2 Å². The van der Waals surface area contributed by atoms with Crippen LogP contribution in [0.3, 0.4) is 0 Å². The molecule has 3 nitrogen and oxygen atoms in total. The van der Waals surface area contributed by atoms with Gasteiger partial charge in [0.1, 0.15) is 5.82 Å². The molecule has 3 aromatic rings. The SMILES string of the molecule is CCc1nc2cc(-c3ccc(NC)cc3)ccc2n1C. The van der Waals surface area contributed by atoms with Gasteiger partial charge in [0.25, 0.3) is 0 Å². The number of hydrogen-bond donors (Lipinski definition) is 1. The lowest BCUT2D eigenvalue weighted by atomic mass is 10.0. The van der Waals surface area contributed by atoms with Gasteiger partial charge in [-0.05, 0) is 35.4 Å². The van der Waals surface area contributed by atoms with E-state index in [1.54, 1.807) is 0 Å². The van der Waals surface area contributed by atoms with Gasteiger partial charge in [-0.15, -0.1) is 0 Å². The molecule has 0 saturated heterocycles. The summed E-state index contributed by atoms with van der Waals surface area (Å²) in [6.45, 7) is 2.14. The maximum absolute atomic E-state index is 4.70. The second-order valence-electron chi connectivity index (χ2n) is 4.97. The molecule has 3 heteroatoms. The minimum absolute atomic E-state index is 0.956. The Morgan fingerprint density at radius 2 is 1.75 bits per heavy atom. The lowest BCUT2D eigenvalue weighted by molar-refractivity contribution is 0.829. The number of aromatic nitrogens is 2. The van der Waals surface area contributed by atoms with Gasteiger partial charge in [0.2, 0.25) is 0 Å². The largest absolute Gasteiger partial charge is 0.388 e. The molecule has 0 aliphatic carbocycles. The summed E-state index contributed by atoms with van der Waals surface area (Å²) in [5, 5.41) is 3.14. The molecule has 20 heavy (non-hydrogen) atoms. The third-order valence-corrected chi connectivity index (χ3v) is 3.80. The highest BCUT2D eigenvalue weighted by atomic mass is 15.1. The van der Waals surface area contributed by atoms with Crippen LogP contribution in [-0.4, -0.2) is 16.6 Å². The first-order chi connectivity index (χ1) is 9.72. The number of anilines is 1. The van der Waals surface area contributed by atoms with Gasteiger partial charge in [0.15, 0.2) is 0 Å². The molecule has 1 N–H and O–H groups in total. The molecule has 1 heterocycles. The summed E-state index contributed by atoms with van der Waals surface area (Å²) in [5.74, 6) is 1.13. The van der Waals surface area contributed by atoms with E-state index in [4.69, 9.17) is 4.98 Å². The average Bonchev–Trinajstić information content (AvgIpc) is 2.83. The zero-order valence-corrected chi connectivity index (χ0v) is 12.1. The summed E-state index contributed by atoms with van der Waals surface area (Å²) >= 11 is 0. The van der Waals surface area contributed by atoms with Crippen molar-refractivity contribution in [3.05, 3.63) is 48.3 Å². The molecule has 0 unspecified atom stereocenters. The van der Waals surface area contributed by atoms with Crippen molar-refractivity contribution in [3.63, 3.8) is 0 Å². The summed E-state index contributed by atoms with van der Waals surface area (Å²) in [6, 6.07) is 14.9. The Kier molecular flexibility index (Phi) is 3.18. The molecule has 3 rings (SSSR count). The summed E-state index contributed by atoms with van der Waals surface area (Å²) in [7, 11) is 4.01. The van der Waals surface area contributed by atoms with E-state index in [1.807, 2.05) is 7.05 Å². The van der Waals surface area contributed by atoms with Crippen molar-refractivity contribution in [2.24, 2.45) is 7.05 Å². The molecule has 0 amide bonds. The third kappa shape index (κ3) is 2.05. The van der Waals surface area contributed by atoms with Crippen molar-refractivity contribution in [1.29, 1.82) is 0 Å². The number of benzene rings is 2. The number of imidazole rings is 1. The van der Waals surface area contributed by atoms with E-state index in [1.165, 1.54) is 16.6 Å². The number of rotatable bonds is 3. The summed E-state index contributed by atoms with van der Waals surface area (Å²) in [6.07, 6.45) is 0.956. The number of hydrogen-bond acceptors (Lipinski definition) is 2. The molecule has 1 aromatic heterocycles. The molecule has 0 saturated carbocycles. The van der Waals surface area contributed by atoms with Crippen LogP contribution in [0.1, 0.15) is 12.7 Å². The first-order valence-electron chi connectivity index (χ1n) is 6.96. The Labute approximate surface area is 119 Å². The monoisotopic (exact) mass is 265 g/mol. The van der Waals surface area contributed by atoms with E-state index >= 15 is 0 Å². The van der Waals surface area contributed by atoms with Crippen LogP contribution in [0.4, 0.5) is 5.69 Å². The number of aryl methyl sites for hydroxylation is 2. The van der Waals surface area contributed by atoms with Crippen LogP contribution < -0.4 is 5.32 Å². The quantitative estimate of drug-likeness (QED) is 0.779. The van der Waals surface area contributed by atoms with Crippen LogP contribution in [0.2, 0.25) is 0 Å². The Balaban J connectivity index is 2.07. The number of nitrogens with one attached hydrogen (secondary N) is 1. The van der Waals surface area contributed by atoms with Crippen LogP contribution in [0, 0.1) is 0 Å². The summed E-state index contributed by atoms with van der Waals surface area (Å²) < 4.78 is 2.17. The Morgan fingerprint density at radius 1 is 1.05 bits per heavy atom. The van der Waals surface area contributed by atoms with E-state index in [0.717, 1.165) is 23.4 Å². The van der Waals surface area contributed by atoms with Crippen molar-refractivity contribution in [2.75, 3.05) is 12.4 Å². The molecule has 102 valence electrons. The predicted molar refractivity (Wildman–Crippen MR) is 85.1 cm³/mol. The first kappa shape index (κ1) is 12.7. The van der Waals surface area contributed by atoms with Gasteiger partial charge in [-0.1, -0.05) is 25.1 Å². The van der Waals surface area contributed by atoms with Gasteiger partial charge in [-0.2, -0.15) is 0 Å². The lowest BCUT2D eigenvalue weighted by Gasteiger charge is -2.04. The first-order valence-corrected chi connectivity index (χ1v) is 6.96. The zero-order chi connectivity index (χ0) is 14.1. The van der Waals surface area contributed by atoms with Crippen LogP contribution in [0.25, 0.3) is 22.2 Å². The highest BCUT2D eigenvalue weighted by Crippen LogP contribution is 2.25. The van der Waals surface area contributed by atoms with Gasteiger partial charge < -0.3 is 9.88 Å². The number of fused-ring (bicyclic) bond motifs is 1. The van der Waals surface area contributed by atoms with Gasteiger partial charge in [-0.25, -0.2) is 4.98 Å². The molecular weight excluding hydrogens is 246 g/mol. The Morgan fingerprint density at radius 3 is 2.40 bits per heavy atom. The van der Waals surface area contributed by atoms with E-state index in [-0.39, 0.29) is 0 Å². The van der Waals surface area contributed by atoms with Crippen LogP contribution >= 0.6 is 0 Å². The second-order valence-corrected chi connectivity index (χ2v) is 4.97. The van der Waals surface area contributed by atoms with Crippen LogP contribution in [0.5, 0.6) is 0 Å². The van der Waals surface area contributed by atoms with Crippen LogP contribution in [0.15, 0.2) is 42.5 Å². The average molecular weight is 265 g/mol. The Bertz CT molecular complexity index is 739. The van der Waals surface area contributed by atoms with Crippen molar-refractivity contribution in [1.82, 2.24) is 9.55 Å². The maximum Gasteiger partial charge on any atom is 0.109 e. The lowest BCUT2D eigenvalue weighted by Crippen LogP contribution is -1.94. The minimum atomic E-state index is 0.956. The maximum atomic E-state index is 4.70. The highest BCUT2D eigenvalue weighted by molar-refractivity contribution is 5.82. The van der Waals surface area contributed by atoms with Crippen molar-refractivity contribution < 1.29 is 0 Å². The molecule has 0 radical (unpaired) electrons. The van der Waals surface area contributed by atoms with E-state index in [9.17, 15) is 0 Å². The summed E-state index contributed by atoms with van der Waals surface area (Å²) in [5.41, 5.74) is 5.81. The van der Waals surface area contributed by atoms with E-state index in [2.05, 4.69) is 66.3 Å². The number of nitrogens with zero attached hydrogens (tertiary/aromatic N) is 2. The zero-order valence-electron chi connectivity index (χ0n) is 12.1. The molecule has 0 atom stereocenters. The Hall–Kier alpha value is -2.29. The van der Waals surface area contributed by atoms with Gasteiger partial charge >= 0.3 is 0 Å². The molecule has 0 aliphatic rings. The molecule has 0 aliphatic heterocycles. The molecule has 0 bridgehead atoms. The van der Waals surface area contributed by atoms with Crippen LogP contribution in [-0.2, 0) is 13.5 Å². The van der Waals surface area contributed by atoms with Crippen molar-refractivity contribution >= 4 is 16.7 Å². The smallest absolute Gasteiger partial charge is 0.109 e. The van der Waals surface area contributed by atoms with E-state index in [0.29, 0.717) is 0 Å². The van der Waals surface area contributed by atoms with Crippen molar-refractivity contribution in [3.8, 4) is 11.1 Å².